The van der Waals surface area contributed by atoms with Crippen molar-refractivity contribution in [1.82, 2.24) is 9.62 Å². The molecule has 5 heteroatoms. The van der Waals surface area contributed by atoms with Gasteiger partial charge in [0.1, 0.15) is 0 Å². The van der Waals surface area contributed by atoms with Gasteiger partial charge < -0.3 is 5.32 Å². The molecule has 0 spiro atoms. The Morgan fingerprint density at radius 2 is 1.86 bits per heavy atom. The lowest BCUT2D eigenvalue weighted by molar-refractivity contribution is 0.288. The summed E-state index contributed by atoms with van der Waals surface area (Å²) in [5, 5.41) is 3.59. The van der Waals surface area contributed by atoms with Crippen molar-refractivity contribution in [2.45, 2.75) is 38.6 Å². The Morgan fingerprint density at radius 1 is 1.24 bits per heavy atom. The lowest BCUT2D eigenvalue weighted by atomic mass is 10.00. The predicted molar refractivity (Wildman–Crippen MR) is 86.9 cm³/mol. The van der Waals surface area contributed by atoms with E-state index in [2.05, 4.69) is 36.5 Å². The first-order valence-electron chi connectivity index (χ1n) is 7.79. The van der Waals surface area contributed by atoms with Crippen molar-refractivity contribution in [3.05, 3.63) is 35.9 Å². The molecule has 1 N–H and O–H groups in total. The van der Waals surface area contributed by atoms with E-state index in [1.165, 1.54) is 5.56 Å². The third kappa shape index (κ3) is 4.53. The van der Waals surface area contributed by atoms with Gasteiger partial charge >= 0.3 is 0 Å². The molecule has 0 amide bonds. The molecule has 0 saturated carbocycles. The van der Waals surface area contributed by atoms with Gasteiger partial charge in [-0.3, -0.25) is 0 Å². The highest BCUT2D eigenvalue weighted by Gasteiger charge is 2.26. The first-order chi connectivity index (χ1) is 10.0. The highest BCUT2D eigenvalue weighted by Crippen LogP contribution is 2.17. The second-order valence-corrected chi connectivity index (χ2v) is 8.05. The average Bonchev–Trinajstić information content (AvgIpc) is 2.54. The number of nitrogens with zero attached hydrogens (tertiary/aromatic N) is 1. The summed E-state index contributed by atoms with van der Waals surface area (Å²) >= 11 is 0. The van der Waals surface area contributed by atoms with E-state index in [9.17, 15) is 8.42 Å². The highest BCUT2D eigenvalue weighted by atomic mass is 32.2. The summed E-state index contributed by atoms with van der Waals surface area (Å²) in [6.07, 6.45) is 1.81. The van der Waals surface area contributed by atoms with Gasteiger partial charge in [0, 0.05) is 25.7 Å². The number of sulfonamides is 1. The van der Waals surface area contributed by atoms with Crippen LogP contribution in [0, 0.1) is 0 Å². The van der Waals surface area contributed by atoms with Crippen LogP contribution >= 0.6 is 0 Å². The monoisotopic (exact) mass is 310 g/mol. The van der Waals surface area contributed by atoms with Gasteiger partial charge in [-0.1, -0.05) is 37.3 Å². The molecule has 0 radical (unpaired) electrons. The van der Waals surface area contributed by atoms with Crippen LogP contribution < -0.4 is 5.32 Å². The molecule has 1 heterocycles. The molecule has 2 rings (SSSR count). The summed E-state index contributed by atoms with van der Waals surface area (Å²) < 4.78 is 25.3. The largest absolute Gasteiger partial charge is 0.313 e. The van der Waals surface area contributed by atoms with Crippen molar-refractivity contribution in [3.63, 3.8) is 0 Å². The topological polar surface area (TPSA) is 49.4 Å². The van der Waals surface area contributed by atoms with Crippen molar-refractivity contribution < 1.29 is 8.42 Å². The molecule has 118 valence electrons. The molecule has 1 aromatic rings. The minimum absolute atomic E-state index is 0.205. The molecule has 21 heavy (non-hydrogen) atoms. The zero-order valence-corrected chi connectivity index (χ0v) is 13.8. The molecule has 1 aromatic carbocycles. The van der Waals surface area contributed by atoms with E-state index >= 15 is 0 Å². The normalized spacial score (nSPS) is 19.5. The van der Waals surface area contributed by atoms with Crippen molar-refractivity contribution >= 4 is 10.0 Å². The molecule has 0 aliphatic carbocycles. The molecular weight excluding hydrogens is 284 g/mol. The molecule has 0 bridgehead atoms. The summed E-state index contributed by atoms with van der Waals surface area (Å²) in [4.78, 5) is 0. The molecule has 1 aliphatic rings. The van der Waals surface area contributed by atoms with Crippen LogP contribution in [0.3, 0.4) is 0 Å². The van der Waals surface area contributed by atoms with Crippen LogP contribution in [0.5, 0.6) is 0 Å². The predicted octanol–water partition coefficient (Wildman–Crippen LogP) is 2.19. The minimum atomic E-state index is -3.01. The first kappa shape index (κ1) is 16.5. The lowest BCUT2D eigenvalue weighted by Crippen LogP contribution is -2.45. The maximum Gasteiger partial charge on any atom is 0.213 e. The number of benzene rings is 1. The molecule has 1 atom stereocenters. The Morgan fingerprint density at radius 3 is 2.43 bits per heavy atom. The average molecular weight is 310 g/mol. The molecule has 1 unspecified atom stereocenters. The van der Waals surface area contributed by atoms with Crippen molar-refractivity contribution in [2.24, 2.45) is 0 Å². The number of hydrogen-bond donors (Lipinski definition) is 1. The SMILES string of the molecule is CCS(=O)(=O)N1CCC(NCC(C)c2ccccc2)CC1. The molecule has 1 saturated heterocycles. The van der Waals surface area contributed by atoms with Gasteiger partial charge in [0.05, 0.1) is 5.75 Å². The van der Waals surface area contributed by atoms with Gasteiger partial charge in [0.2, 0.25) is 10.0 Å². The van der Waals surface area contributed by atoms with Crippen LogP contribution in [0.4, 0.5) is 0 Å². The van der Waals surface area contributed by atoms with E-state index in [0.717, 1.165) is 19.4 Å². The Kier molecular flexibility index (Phi) is 5.79. The number of rotatable bonds is 6. The molecule has 0 aromatic heterocycles. The van der Waals surface area contributed by atoms with Crippen molar-refractivity contribution in [2.75, 3.05) is 25.4 Å². The van der Waals surface area contributed by atoms with E-state index in [0.29, 0.717) is 25.0 Å². The number of nitrogens with one attached hydrogen (secondary N) is 1. The Labute approximate surface area is 128 Å². The van der Waals surface area contributed by atoms with Crippen LogP contribution in [0.15, 0.2) is 30.3 Å². The van der Waals surface area contributed by atoms with Gasteiger partial charge in [-0.15, -0.1) is 0 Å². The van der Waals surface area contributed by atoms with E-state index in [1.807, 2.05) is 6.07 Å². The minimum Gasteiger partial charge on any atom is -0.313 e. The Bertz CT molecular complexity index is 522. The number of hydrogen-bond acceptors (Lipinski definition) is 3. The molecule has 1 fully saturated rings. The van der Waals surface area contributed by atoms with Crippen molar-refractivity contribution in [3.8, 4) is 0 Å². The van der Waals surface area contributed by atoms with E-state index in [1.54, 1.807) is 11.2 Å². The van der Waals surface area contributed by atoms with Gasteiger partial charge in [0.25, 0.3) is 0 Å². The second-order valence-electron chi connectivity index (χ2n) is 5.79. The zero-order chi connectivity index (χ0) is 15.3. The fourth-order valence-corrected chi connectivity index (χ4v) is 3.90. The first-order valence-corrected chi connectivity index (χ1v) is 9.40. The van der Waals surface area contributed by atoms with Gasteiger partial charge in [-0.2, -0.15) is 0 Å². The van der Waals surface area contributed by atoms with Gasteiger partial charge in [-0.25, -0.2) is 12.7 Å². The maximum absolute atomic E-state index is 11.8. The Balaban J connectivity index is 1.77. The van der Waals surface area contributed by atoms with E-state index in [4.69, 9.17) is 0 Å². The lowest BCUT2D eigenvalue weighted by Gasteiger charge is -2.32. The Hall–Kier alpha value is -0.910. The van der Waals surface area contributed by atoms with Crippen LogP contribution in [0.2, 0.25) is 0 Å². The third-order valence-electron chi connectivity index (χ3n) is 4.29. The fourth-order valence-electron chi connectivity index (χ4n) is 2.76. The van der Waals surface area contributed by atoms with Crippen LogP contribution in [-0.2, 0) is 10.0 Å². The van der Waals surface area contributed by atoms with Crippen LogP contribution in [-0.4, -0.2) is 44.2 Å². The zero-order valence-electron chi connectivity index (χ0n) is 13.0. The summed E-state index contributed by atoms with van der Waals surface area (Å²) in [5.41, 5.74) is 1.34. The van der Waals surface area contributed by atoms with Crippen molar-refractivity contribution in [1.29, 1.82) is 0 Å². The summed E-state index contributed by atoms with van der Waals surface area (Å²) in [6.45, 7) is 6.16. The van der Waals surface area contributed by atoms with Gasteiger partial charge in [0.15, 0.2) is 0 Å². The molecule has 1 aliphatic heterocycles. The summed E-state index contributed by atoms with van der Waals surface area (Å²) in [7, 11) is -3.01. The van der Waals surface area contributed by atoms with E-state index < -0.39 is 10.0 Å². The van der Waals surface area contributed by atoms with Gasteiger partial charge in [-0.05, 0) is 31.2 Å². The third-order valence-corrected chi connectivity index (χ3v) is 6.17. The van der Waals surface area contributed by atoms with Crippen LogP contribution in [0.1, 0.15) is 38.2 Å². The standard InChI is InChI=1S/C16H26N2O2S/c1-3-21(19,20)18-11-9-16(10-12-18)17-13-14(2)15-7-5-4-6-8-15/h4-8,14,16-17H,3,9-13H2,1-2H3. The van der Waals surface area contributed by atoms with E-state index in [-0.39, 0.29) is 5.75 Å². The second kappa shape index (κ2) is 7.38. The summed E-state index contributed by atoms with van der Waals surface area (Å²) in [5.74, 6) is 0.680. The fraction of sp³-hybridized carbons (Fsp3) is 0.625. The molecular formula is C16H26N2O2S. The summed E-state index contributed by atoms with van der Waals surface area (Å²) in [6, 6.07) is 10.9. The quantitative estimate of drug-likeness (QED) is 0.876. The van der Waals surface area contributed by atoms with Crippen LogP contribution in [0.25, 0.3) is 0 Å². The number of piperidine rings is 1. The molecule has 4 nitrogen and oxygen atoms in total. The maximum atomic E-state index is 11.8. The smallest absolute Gasteiger partial charge is 0.213 e. The highest BCUT2D eigenvalue weighted by molar-refractivity contribution is 7.89.